The molecule has 0 amide bonds. The van der Waals surface area contributed by atoms with Crippen molar-refractivity contribution in [3.05, 3.63) is 54.1 Å². The third-order valence-electron chi connectivity index (χ3n) is 4.78. The second-order valence-corrected chi connectivity index (χ2v) is 7.34. The minimum absolute atomic E-state index is 0.336. The largest absolute Gasteiger partial charge is 0.491 e. The van der Waals surface area contributed by atoms with Gasteiger partial charge in [0.2, 0.25) is 0 Å². The van der Waals surface area contributed by atoms with Crippen LogP contribution in [-0.4, -0.2) is 64.3 Å². The van der Waals surface area contributed by atoms with E-state index in [1.54, 1.807) is 18.6 Å². The molecule has 6 nitrogen and oxygen atoms in total. The maximum atomic E-state index is 10.2. The number of hydrogen-bond acceptors (Lipinski definition) is 6. The summed E-state index contributed by atoms with van der Waals surface area (Å²) < 4.78 is 5.76. The highest BCUT2D eigenvalue weighted by molar-refractivity contribution is 5.27. The smallest absolute Gasteiger partial charge is 0.119 e. The van der Waals surface area contributed by atoms with E-state index in [1.165, 1.54) is 24.8 Å². The van der Waals surface area contributed by atoms with Gasteiger partial charge in [-0.1, -0.05) is 18.6 Å². The first-order valence-electron chi connectivity index (χ1n) is 9.74. The van der Waals surface area contributed by atoms with Crippen LogP contribution in [0.5, 0.6) is 5.75 Å². The minimum Gasteiger partial charge on any atom is -0.491 e. The first-order valence-corrected chi connectivity index (χ1v) is 9.74. The molecular formula is C21H30N4O2. The van der Waals surface area contributed by atoms with E-state index in [4.69, 9.17) is 4.74 Å². The van der Waals surface area contributed by atoms with Crippen molar-refractivity contribution in [2.24, 2.45) is 0 Å². The maximum absolute atomic E-state index is 10.2. The zero-order chi connectivity index (χ0) is 18.9. The Kier molecular flexibility index (Phi) is 7.56. The molecule has 27 heavy (non-hydrogen) atoms. The molecule has 0 radical (unpaired) electrons. The molecule has 1 aromatic heterocycles. The number of β-amino-alcohol motifs (C(OH)–C–C–N with tert-alkyl or cyclic N) is 1. The van der Waals surface area contributed by atoms with E-state index in [2.05, 4.69) is 38.9 Å². The second kappa shape index (κ2) is 10.3. The van der Waals surface area contributed by atoms with Gasteiger partial charge in [0.05, 0.1) is 5.69 Å². The van der Waals surface area contributed by atoms with Crippen LogP contribution in [0.3, 0.4) is 0 Å². The van der Waals surface area contributed by atoms with Crippen molar-refractivity contribution in [2.75, 3.05) is 33.3 Å². The summed E-state index contributed by atoms with van der Waals surface area (Å²) in [6.07, 6.45) is 8.54. The lowest BCUT2D eigenvalue weighted by atomic mass is 10.1. The second-order valence-electron chi connectivity index (χ2n) is 7.34. The van der Waals surface area contributed by atoms with Gasteiger partial charge in [0.25, 0.3) is 0 Å². The molecule has 6 heteroatoms. The summed E-state index contributed by atoms with van der Waals surface area (Å²) in [7, 11) is 2.07. The molecular weight excluding hydrogens is 340 g/mol. The lowest BCUT2D eigenvalue weighted by molar-refractivity contribution is 0.0617. The Hall–Kier alpha value is -2.02. The molecule has 0 aliphatic carbocycles. The van der Waals surface area contributed by atoms with Gasteiger partial charge in [-0.05, 0) is 50.7 Å². The van der Waals surface area contributed by atoms with Crippen LogP contribution in [0.25, 0.3) is 0 Å². The third-order valence-corrected chi connectivity index (χ3v) is 4.78. The van der Waals surface area contributed by atoms with Crippen molar-refractivity contribution >= 4 is 0 Å². The number of nitrogens with zero attached hydrogens (tertiary/aromatic N) is 4. The summed E-state index contributed by atoms with van der Waals surface area (Å²) in [6.45, 7) is 4.80. The van der Waals surface area contributed by atoms with Gasteiger partial charge in [-0.3, -0.25) is 14.9 Å². The van der Waals surface area contributed by atoms with Gasteiger partial charge >= 0.3 is 0 Å². The predicted octanol–water partition coefficient (Wildman–Crippen LogP) is 2.33. The van der Waals surface area contributed by atoms with Gasteiger partial charge in [-0.25, -0.2) is 0 Å². The normalized spacial score (nSPS) is 16.4. The summed E-state index contributed by atoms with van der Waals surface area (Å²) >= 11 is 0. The van der Waals surface area contributed by atoms with Crippen LogP contribution in [0.2, 0.25) is 0 Å². The summed E-state index contributed by atoms with van der Waals surface area (Å²) in [6, 6.07) is 8.08. The van der Waals surface area contributed by atoms with E-state index < -0.39 is 6.10 Å². The number of likely N-dealkylation sites (tertiary alicyclic amines) is 1. The molecule has 146 valence electrons. The Morgan fingerprint density at radius 3 is 2.59 bits per heavy atom. The predicted molar refractivity (Wildman–Crippen MR) is 105 cm³/mol. The average Bonchev–Trinajstić information content (AvgIpc) is 2.69. The molecule has 2 aromatic rings. The number of piperidine rings is 1. The van der Waals surface area contributed by atoms with Gasteiger partial charge in [0.15, 0.2) is 0 Å². The third kappa shape index (κ3) is 6.90. The monoisotopic (exact) mass is 370 g/mol. The molecule has 1 fully saturated rings. The van der Waals surface area contributed by atoms with Crippen LogP contribution in [0, 0.1) is 0 Å². The summed E-state index contributed by atoms with van der Waals surface area (Å²) in [5.74, 6) is 0.799. The Morgan fingerprint density at radius 2 is 1.89 bits per heavy atom. The fourth-order valence-electron chi connectivity index (χ4n) is 3.43. The quantitative estimate of drug-likeness (QED) is 0.731. The zero-order valence-corrected chi connectivity index (χ0v) is 16.1. The van der Waals surface area contributed by atoms with E-state index in [0.29, 0.717) is 13.2 Å². The van der Waals surface area contributed by atoms with Crippen LogP contribution in [-0.2, 0) is 13.1 Å². The number of hydrogen-bond donors (Lipinski definition) is 1. The lowest BCUT2D eigenvalue weighted by Crippen LogP contribution is -2.38. The molecule has 0 spiro atoms. The fourth-order valence-corrected chi connectivity index (χ4v) is 3.43. The number of aromatic nitrogens is 2. The van der Waals surface area contributed by atoms with E-state index in [9.17, 15) is 5.11 Å². The number of rotatable bonds is 9. The summed E-state index contributed by atoms with van der Waals surface area (Å²) in [5.41, 5.74) is 2.17. The number of aliphatic hydroxyl groups excluding tert-OH is 1. The standard InChI is InChI=1S/C21H30N4O2/c1-24(15-19-13-22-9-10-23-19)14-18-5-7-21(8-6-18)27-17-20(26)16-25-11-3-2-4-12-25/h5-10,13,20,26H,2-4,11-12,14-17H2,1H3/t20-/m1/s1. The Morgan fingerprint density at radius 1 is 1.11 bits per heavy atom. The Labute approximate surface area is 161 Å². The molecule has 0 unspecified atom stereocenters. The molecule has 2 heterocycles. The van der Waals surface area contributed by atoms with Gasteiger partial charge in [-0.15, -0.1) is 0 Å². The molecule has 1 aliphatic heterocycles. The maximum Gasteiger partial charge on any atom is 0.119 e. The van der Waals surface area contributed by atoms with Crippen LogP contribution in [0.1, 0.15) is 30.5 Å². The van der Waals surface area contributed by atoms with Crippen LogP contribution >= 0.6 is 0 Å². The minimum atomic E-state index is -0.444. The first kappa shape index (κ1) is 19.7. The Bertz CT molecular complexity index is 660. The van der Waals surface area contributed by atoms with Crippen molar-refractivity contribution in [1.82, 2.24) is 19.8 Å². The van der Waals surface area contributed by atoms with Crippen molar-refractivity contribution < 1.29 is 9.84 Å². The van der Waals surface area contributed by atoms with Crippen LogP contribution in [0.4, 0.5) is 0 Å². The van der Waals surface area contributed by atoms with E-state index in [-0.39, 0.29) is 0 Å². The lowest BCUT2D eigenvalue weighted by Gasteiger charge is -2.28. The summed E-state index contributed by atoms with van der Waals surface area (Å²) in [5, 5.41) is 10.2. The van der Waals surface area contributed by atoms with E-state index in [0.717, 1.165) is 37.6 Å². The number of aliphatic hydroxyl groups is 1. The highest BCUT2D eigenvalue weighted by atomic mass is 16.5. The molecule has 1 atom stereocenters. The SMILES string of the molecule is CN(Cc1ccc(OC[C@H](O)CN2CCCCC2)cc1)Cc1cnccn1. The van der Waals surface area contributed by atoms with Crippen molar-refractivity contribution in [3.8, 4) is 5.75 Å². The summed E-state index contributed by atoms with van der Waals surface area (Å²) in [4.78, 5) is 12.9. The number of benzene rings is 1. The number of ether oxygens (including phenoxy) is 1. The first-order chi connectivity index (χ1) is 13.2. The van der Waals surface area contributed by atoms with Gasteiger partial charge in [0, 0.05) is 38.2 Å². The van der Waals surface area contributed by atoms with Gasteiger partial charge in [0.1, 0.15) is 18.5 Å². The van der Waals surface area contributed by atoms with Gasteiger partial charge in [-0.2, -0.15) is 0 Å². The van der Waals surface area contributed by atoms with E-state index in [1.807, 2.05) is 12.1 Å². The van der Waals surface area contributed by atoms with Crippen molar-refractivity contribution in [2.45, 2.75) is 38.5 Å². The highest BCUT2D eigenvalue weighted by Crippen LogP contribution is 2.15. The molecule has 1 aromatic carbocycles. The topological polar surface area (TPSA) is 61.7 Å². The average molecular weight is 370 g/mol. The molecule has 0 saturated carbocycles. The highest BCUT2D eigenvalue weighted by Gasteiger charge is 2.15. The molecule has 3 rings (SSSR count). The molecule has 1 saturated heterocycles. The van der Waals surface area contributed by atoms with Crippen LogP contribution < -0.4 is 4.74 Å². The molecule has 1 aliphatic rings. The van der Waals surface area contributed by atoms with Gasteiger partial charge < -0.3 is 14.7 Å². The van der Waals surface area contributed by atoms with Crippen LogP contribution in [0.15, 0.2) is 42.9 Å². The molecule has 0 bridgehead atoms. The Balaban J connectivity index is 1.40. The fraction of sp³-hybridized carbons (Fsp3) is 0.524. The van der Waals surface area contributed by atoms with Crippen molar-refractivity contribution in [1.29, 1.82) is 0 Å². The molecule has 1 N–H and O–H groups in total. The van der Waals surface area contributed by atoms with Crippen molar-refractivity contribution in [3.63, 3.8) is 0 Å². The zero-order valence-electron chi connectivity index (χ0n) is 16.1. The van der Waals surface area contributed by atoms with E-state index >= 15 is 0 Å².